The standard InChI is InChI=1S/C23H15NO5/c25-20-22-11-5-6-12(9-11)23(22,21(26)29-20)19-15-4-2-1-3-14(15)18(22)16-8-7-13(24(27)28)10-17(16)19/h1-8,10-12,18-19H,9H2/t11-,12+,18-,19+,22+,23+/m1/s1. The van der Waals surface area contributed by atoms with Gasteiger partial charge in [-0.1, -0.05) is 42.5 Å². The third kappa shape index (κ3) is 1.31. The molecule has 2 aromatic carbocycles. The van der Waals surface area contributed by atoms with Gasteiger partial charge in [-0.3, -0.25) is 19.7 Å². The summed E-state index contributed by atoms with van der Waals surface area (Å²) in [4.78, 5) is 37.9. The number of nitro groups is 1. The number of nitrogens with zero attached hydrogens (tertiary/aromatic N) is 1. The van der Waals surface area contributed by atoms with E-state index in [0.29, 0.717) is 0 Å². The lowest BCUT2D eigenvalue weighted by molar-refractivity contribution is -0.385. The summed E-state index contributed by atoms with van der Waals surface area (Å²) in [7, 11) is 0. The zero-order valence-corrected chi connectivity index (χ0v) is 15.2. The number of non-ortho nitro benzene ring substituents is 1. The molecule has 0 spiro atoms. The Morgan fingerprint density at radius 1 is 0.862 bits per heavy atom. The molecule has 2 aromatic rings. The Hall–Kier alpha value is -3.28. The van der Waals surface area contributed by atoms with Gasteiger partial charge in [0.25, 0.3) is 5.69 Å². The largest absolute Gasteiger partial charge is 0.392 e. The van der Waals surface area contributed by atoms with Gasteiger partial charge >= 0.3 is 11.9 Å². The van der Waals surface area contributed by atoms with Crippen LogP contribution in [0.2, 0.25) is 0 Å². The minimum absolute atomic E-state index is 0.00664. The lowest BCUT2D eigenvalue weighted by atomic mass is 9.38. The number of fused-ring (bicyclic) bond motifs is 2. The Morgan fingerprint density at radius 3 is 2.00 bits per heavy atom. The van der Waals surface area contributed by atoms with Crippen LogP contribution in [0.15, 0.2) is 54.6 Å². The van der Waals surface area contributed by atoms with Gasteiger partial charge in [-0.2, -0.15) is 0 Å². The van der Waals surface area contributed by atoms with Crippen molar-refractivity contribution in [2.24, 2.45) is 22.7 Å². The number of nitro benzene ring substituents is 1. The highest BCUT2D eigenvalue weighted by atomic mass is 16.6. The maximum absolute atomic E-state index is 13.4. The summed E-state index contributed by atoms with van der Waals surface area (Å²) in [5.74, 6) is -1.79. The van der Waals surface area contributed by atoms with E-state index in [4.69, 9.17) is 4.74 Å². The van der Waals surface area contributed by atoms with Gasteiger partial charge in [0.1, 0.15) is 10.8 Å². The number of ether oxygens (including phenoxy) is 1. The number of esters is 2. The highest BCUT2D eigenvalue weighted by Crippen LogP contribution is 2.82. The fourth-order valence-corrected chi connectivity index (χ4v) is 7.56. The molecule has 6 nitrogen and oxygen atoms in total. The van der Waals surface area contributed by atoms with Gasteiger partial charge in [-0.15, -0.1) is 0 Å². The van der Waals surface area contributed by atoms with E-state index in [2.05, 4.69) is 12.2 Å². The van der Waals surface area contributed by atoms with E-state index in [0.717, 1.165) is 28.7 Å². The molecule has 1 aliphatic heterocycles. The molecule has 0 N–H and O–H groups in total. The minimum atomic E-state index is -1.01. The van der Waals surface area contributed by atoms with Crippen molar-refractivity contribution in [2.75, 3.05) is 0 Å². The molecule has 0 aromatic heterocycles. The molecular weight excluding hydrogens is 370 g/mol. The summed E-state index contributed by atoms with van der Waals surface area (Å²) in [6, 6.07) is 12.8. The molecule has 142 valence electrons. The summed E-state index contributed by atoms with van der Waals surface area (Å²) < 4.78 is 5.41. The van der Waals surface area contributed by atoms with Crippen LogP contribution in [0.4, 0.5) is 5.69 Å². The number of cyclic esters (lactones) is 2. The van der Waals surface area contributed by atoms with Crippen LogP contribution in [-0.2, 0) is 14.3 Å². The van der Waals surface area contributed by atoms with Crippen LogP contribution in [0.25, 0.3) is 0 Å². The molecule has 0 radical (unpaired) electrons. The van der Waals surface area contributed by atoms with Crippen molar-refractivity contribution < 1.29 is 19.2 Å². The first-order chi connectivity index (χ1) is 14.0. The second kappa shape index (κ2) is 4.48. The van der Waals surface area contributed by atoms with E-state index >= 15 is 0 Å². The summed E-state index contributed by atoms with van der Waals surface area (Å²) in [5, 5.41) is 11.5. The molecule has 8 rings (SSSR count). The minimum Gasteiger partial charge on any atom is -0.392 e. The second-order valence-electron chi connectivity index (χ2n) is 8.81. The molecule has 6 atom stereocenters. The van der Waals surface area contributed by atoms with E-state index in [-0.39, 0.29) is 23.4 Å². The Bertz CT molecular complexity index is 1230. The lowest BCUT2D eigenvalue weighted by Gasteiger charge is -2.58. The predicted octanol–water partition coefficient (Wildman–Crippen LogP) is 3.45. The molecule has 2 fully saturated rings. The fourth-order valence-electron chi connectivity index (χ4n) is 7.56. The first kappa shape index (κ1) is 15.6. The topological polar surface area (TPSA) is 86.5 Å². The van der Waals surface area contributed by atoms with Crippen LogP contribution in [-0.4, -0.2) is 16.9 Å². The Morgan fingerprint density at radius 2 is 1.41 bits per heavy atom. The van der Waals surface area contributed by atoms with Gasteiger partial charge in [0, 0.05) is 24.0 Å². The van der Waals surface area contributed by atoms with Crippen molar-refractivity contribution in [1.82, 2.24) is 0 Å². The molecule has 6 aliphatic rings. The first-order valence-corrected chi connectivity index (χ1v) is 9.85. The molecular formula is C23H15NO5. The third-order valence-corrected chi connectivity index (χ3v) is 8.23. The van der Waals surface area contributed by atoms with Crippen LogP contribution in [0.3, 0.4) is 0 Å². The van der Waals surface area contributed by atoms with E-state index in [1.165, 1.54) is 6.07 Å². The summed E-state index contributed by atoms with van der Waals surface area (Å²) in [5.41, 5.74) is 1.80. The van der Waals surface area contributed by atoms with Crippen LogP contribution in [0.5, 0.6) is 0 Å². The van der Waals surface area contributed by atoms with Gasteiger partial charge < -0.3 is 4.74 Å². The normalized spacial score (nSPS) is 39.0. The predicted molar refractivity (Wildman–Crippen MR) is 99.9 cm³/mol. The van der Waals surface area contributed by atoms with Gasteiger partial charge in [0.2, 0.25) is 0 Å². The number of hydrogen-bond acceptors (Lipinski definition) is 5. The van der Waals surface area contributed by atoms with E-state index < -0.39 is 33.6 Å². The summed E-state index contributed by atoms with van der Waals surface area (Å²) >= 11 is 0. The molecule has 1 heterocycles. The fraction of sp³-hybridized carbons (Fsp3) is 0.304. The molecule has 0 amide bonds. The summed E-state index contributed by atoms with van der Waals surface area (Å²) in [6.07, 6.45) is 4.89. The van der Waals surface area contributed by atoms with Crippen LogP contribution < -0.4 is 0 Å². The molecule has 5 aliphatic carbocycles. The average molecular weight is 385 g/mol. The molecule has 6 heteroatoms. The third-order valence-electron chi connectivity index (χ3n) is 8.23. The van der Waals surface area contributed by atoms with Crippen molar-refractivity contribution in [1.29, 1.82) is 0 Å². The highest BCUT2D eigenvalue weighted by molar-refractivity contribution is 6.07. The van der Waals surface area contributed by atoms with Gasteiger partial charge in [-0.05, 0) is 40.5 Å². The second-order valence-corrected chi connectivity index (χ2v) is 8.81. The maximum Gasteiger partial charge on any atom is 0.322 e. The van der Waals surface area contributed by atoms with Crippen molar-refractivity contribution in [3.63, 3.8) is 0 Å². The number of rotatable bonds is 1. The molecule has 0 unspecified atom stereocenters. The Balaban J connectivity index is 1.67. The number of allylic oxidation sites excluding steroid dienone is 2. The van der Waals surface area contributed by atoms with Crippen LogP contribution in [0, 0.1) is 32.8 Å². The number of carbonyl (C=O) groups is 2. The zero-order chi connectivity index (χ0) is 19.7. The van der Waals surface area contributed by atoms with Crippen LogP contribution in [0.1, 0.15) is 40.5 Å². The first-order valence-electron chi connectivity index (χ1n) is 9.85. The smallest absolute Gasteiger partial charge is 0.322 e. The Labute approximate surface area is 165 Å². The molecule has 4 bridgehead atoms. The number of carbonyl (C=O) groups excluding carboxylic acids is 2. The summed E-state index contributed by atoms with van der Waals surface area (Å²) in [6.45, 7) is 0. The van der Waals surface area contributed by atoms with Crippen molar-refractivity contribution in [3.8, 4) is 0 Å². The van der Waals surface area contributed by atoms with E-state index in [1.54, 1.807) is 12.1 Å². The quantitative estimate of drug-likeness (QED) is 0.247. The van der Waals surface area contributed by atoms with Gasteiger partial charge in [0.05, 0.1) is 4.92 Å². The number of benzene rings is 2. The average Bonchev–Trinajstić information content (AvgIpc) is 3.39. The van der Waals surface area contributed by atoms with Crippen molar-refractivity contribution in [2.45, 2.75) is 18.3 Å². The number of hydrogen-bond donors (Lipinski definition) is 0. The van der Waals surface area contributed by atoms with E-state index in [9.17, 15) is 19.7 Å². The monoisotopic (exact) mass is 385 g/mol. The maximum atomic E-state index is 13.4. The highest BCUT2D eigenvalue weighted by Gasteiger charge is 2.86. The van der Waals surface area contributed by atoms with E-state index in [1.807, 2.05) is 24.3 Å². The SMILES string of the molecule is O=C1OC(=O)[C@]23[C@H]4c5ccccc5[C@H](c5ccc([N+](=O)[O-])cc54)[C@@]12[C@@H]1C=C[C@H]3C1. The van der Waals surface area contributed by atoms with Crippen molar-refractivity contribution >= 4 is 17.6 Å². The van der Waals surface area contributed by atoms with Gasteiger partial charge in [-0.25, -0.2) is 0 Å². The van der Waals surface area contributed by atoms with Crippen LogP contribution >= 0.6 is 0 Å². The molecule has 29 heavy (non-hydrogen) atoms. The van der Waals surface area contributed by atoms with Crippen molar-refractivity contribution in [3.05, 3.63) is 87.0 Å². The van der Waals surface area contributed by atoms with Gasteiger partial charge in [0.15, 0.2) is 0 Å². The zero-order valence-electron chi connectivity index (χ0n) is 15.2. The lowest BCUT2D eigenvalue weighted by Crippen LogP contribution is -2.60. The molecule has 1 saturated carbocycles. The Kier molecular flexibility index (Phi) is 2.41. The molecule has 1 saturated heterocycles.